The highest BCUT2D eigenvalue weighted by Gasteiger charge is 2.38. The van der Waals surface area contributed by atoms with Crippen LogP contribution in [0.2, 0.25) is 0 Å². The quantitative estimate of drug-likeness (QED) is 0.0245. The van der Waals surface area contributed by atoms with Gasteiger partial charge in [0.1, 0.15) is 23.0 Å². The van der Waals surface area contributed by atoms with Gasteiger partial charge in [-0.05, 0) is 88.7 Å². The third-order valence-corrected chi connectivity index (χ3v) is 11.6. The molecule has 0 bridgehead atoms. The molecule has 1 aliphatic rings. The number of hydrogen-bond donors (Lipinski definition) is 6. The van der Waals surface area contributed by atoms with Crippen molar-refractivity contribution in [1.29, 1.82) is 0 Å². The van der Waals surface area contributed by atoms with Gasteiger partial charge in [-0.2, -0.15) is 0 Å². The number of ether oxygens (including phenoxy) is 2. The third-order valence-electron chi connectivity index (χ3n) is 10.7. The molecule has 0 spiro atoms. The van der Waals surface area contributed by atoms with Crippen LogP contribution in [0.1, 0.15) is 122 Å². The second-order valence-electron chi connectivity index (χ2n) is 15.7. The van der Waals surface area contributed by atoms with E-state index in [0.717, 1.165) is 36.3 Å². The molecule has 3 rings (SSSR count). The van der Waals surface area contributed by atoms with Gasteiger partial charge < -0.3 is 29.9 Å². The van der Waals surface area contributed by atoms with Crippen LogP contribution in [0.5, 0.6) is 5.75 Å². The highest BCUT2D eigenvalue weighted by atomic mass is 32.1. The maximum absolute atomic E-state index is 14.7. The molecular weight excluding hydrogens is 779 g/mol. The number of esters is 2. The number of hydrogen-bond acceptors (Lipinski definition) is 14. The summed E-state index contributed by atoms with van der Waals surface area (Å²) in [5.41, 5.74) is 3.88. The Balaban J connectivity index is 1.96. The zero-order chi connectivity index (χ0) is 43.8. The number of nitrogens with zero attached hydrogens (tertiary/aromatic N) is 3. The summed E-state index contributed by atoms with van der Waals surface area (Å²) in [5.74, 6) is 2.56. The van der Waals surface area contributed by atoms with Crippen LogP contribution >= 0.6 is 11.3 Å². The van der Waals surface area contributed by atoms with Crippen LogP contribution in [0.4, 0.5) is 0 Å². The molecule has 1 aromatic heterocycles. The normalized spacial score (nSPS) is 17.9. The summed E-state index contributed by atoms with van der Waals surface area (Å²) in [6.45, 7) is 12.6. The van der Waals surface area contributed by atoms with E-state index in [4.69, 9.17) is 20.3 Å². The minimum atomic E-state index is -1.29. The number of benzene rings is 1. The number of nitrogens with two attached hydrogens (primary N) is 1. The van der Waals surface area contributed by atoms with Crippen LogP contribution in [0.15, 0.2) is 41.3 Å². The van der Waals surface area contributed by atoms with Gasteiger partial charge >= 0.3 is 11.9 Å². The van der Waals surface area contributed by atoms with Crippen molar-refractivity contribution in [3.63, 3.8) is 0 Å². The Labute approximate surface area is 352 Å². The zero-order valence-corrected chi connectivity index (χ0v) is 36.5. The van der Waals surface area contributed by atoms with Gasteiger partial charge in [0.05, 0.1) is 11.7 Å². The largest absolute Gasteiger partial charge is 0.508 e. The summed E-state index contributed by atoms with van der Waals surface area (Å²) < 4.78 is 11.5. The maximum Gasteiger partial charge on any atom is 0.307 e. The standard InChI is InChI=1S/C42H65N7O9S/c1-9-13-36(52)57-24-49(42(56)37(26(5)10-2)46-40(55)33-14-11-12-19-48(33)8)34(25(3)4)22-35(58-28(7)50)41-45-32(23-59-41)39(54)44-30(20-27(6)38(53)47-43)21-29-15-17-31(51)18-16-29/h10,15-18,23,25,27,30,33-35,37,39,44,51,54H,9,11-14,19-22,24,43H2,1-8H3,(H,46,55)(H,47,53)/b26-10+/t27-,30?,33+,34+,35+,37-,39?/m0/s1. The van der Waals surface area contributed by atoms with E-state index in [2.05, 4.69) is 16.1 Å². The first-order chi connectivity index (χ1) is 28.0. The number of likely N-dealkylation sites (N-methyl/N-ethyl adjacent to an activating group) is 1. The van der Waals surface area contributed by atoms with E-state index in [1.807, 2.05) is 32.7 Å². The van der Waals surface area contributed by atoms with Crippen molar-refractivity contribution in [2.45, 2.75) is 136 Å². The molecule has 16 nitrogen and oxygen atoms in total. The minimum Gasteiger partial charge on any atom is -0.508 e. The molecule has 2 aromatic rings. The Morgan fingerprint density at radius 3 is 2.39 bits per heavy atom. The molecule has 1 aliphatic heterocycles. The number of rotatable bonds is 22. The van der Waals surface area contributed by atoms with E-state index < -0.39 is 67.0 Å². The van der Waals surface area contributed by atoms with Crippen LogP contribution in [-0.2, 0) is 39.9 Å². The average Bonchev–Trinajstić information content (AvgIpc) is 3.70. The number of piperidine rings is 1. The van der Waals surface area contributed by atoms with Gasteiger partial charge in [0.15, 0.2) is 12.8 Å². The molecule has 7 N–H and O–H groups in total. The Bertz CT molecular complexity index is 1720. The number of aromatic hydroxyl groups is 1. The highest BCUT2D eigenvalue weighted by molar-refractivity contribution is 7.09. The van der Waals surface area contributed by atoms with Crippen LogP contribution in [0, 0.1) is 11.8 Å². The molecule has 2 unspecified atom stereocenters. The monoisotopic (exact) mass is 843 g/mol. The Morgan fingerprint density at radius 1 is 1.10 bits per heavy atom. The Morgan fingerprint density at radius 2 is 1.80 bits per heavy atom. The smallest absolute Gasteiger partial charge is 0.307 e. The first-order valence-corrected chi connectivity index (χ1v) is 21.3. The van der Waals surface area contributed by atoms with E-state index in [-0.39, 0.29) is 42.0 Å². The van der Waals surface area contributed by atoms with Crippen molar-refractivity contribution >= 4 is 41.0 Å². The van der Waals surface area contributed by atoms with Crippen molar-refractivity contribution in [3.8, 4) is 5.75 Å². The number of aliphatic hydroxyl groups excluding tert-OH is 1. The first-order valence-electron chi connectivity index (χ1n) is 20.4. The fraction of sp³-hybridized carbons (Fsp3) is 0.619. The summed E-state index contributed by atoms with van der Waals surface area (Å²) in [6.07, 6.45) is 3.52. The number of phenolic OH excluding ortho intramolecular Hbond substituents is 1. The lowest BCUT2D eigenvalue weighted by molar-refractivity contribution is -0.159. The molecule has 59 heavy (non-hydrogen) atoms. The number of aliphatic hydroxyl groups is 1. The van der Waals surface area contributed by atoms with Crippen LogP contribution in [-0.4, -0.2) is 99.1 Å². The highest BCUT2D eigenvalue weighted by Crippen LogP contribution is 2.33. The van der Waals surface area contributed by atoms with Gasteiger partial charge in [0.25, 0.3) is 5.91 Å². The summed E-state index contributed by atoms with van der Waals surface area (Å²) in [5, 5.41) is 29.4. The molecule has 1 fully saturated rings. The van der Waals surface area contributed by atoms with Gasteiger partial charge in [-0.3, -0.25) is 39.6 Å². The Hall–Kier alpha value is -4.42. The van der Waals surface area contributed by atoms with Gasteiger partial charge in [0, 0.05) is 43.1 Å². The molecule has 0 radical (unpaired) electrons. The number of hydrazine groups is 1. The molecule has 2 heterocycles. The second kappa shape index (κ2) is 24.0. The number of allylic oxidation sites excluding steroid dienone is 1. The fourth-order valence-corrected chi connectivity index (χ4v) is 8.03. The van der Waals surface area contributed by atoms with Gasteiger partial charge in [-0.1, -0.05) is 52.3 Å². The summed E-state index contributed by atoms with van der Waals surface area (Å²) >= 11 is 1.16. The average molecular weight is 844 g/mol. The van der Waals surface area contributed by atoms with E-state index in [1.165, 1.54) is 11.8 Å². The molecule has 0 aliphatic carbocycles. The molecule has 0 saturated carbocycles. The number of amides is 3. The van der Waals surface area contributed by atoms with E-state index in [1.54, 1.807) is 56.5 Å². The lowest BCUT2D eigenvalue weighted by atomic mass is 9.94. The molecule has 1 aromatic carbocycles. The van der Waals surface area contributed by atoms with Crippen molar-refractivity contribution in [2.24, 2.45) is 17.7 Å². The van der Waals surface area contributed by atoms with E-state index >= 15 is 0 Å². The molecule has 3 amide bonds. The number of nitrogens with one attached hydrogen (secondary N) is 3. The minimum absolute atomic E-state index is 0.0564. The molecule has 7 atom stereocenters. The van der Waals surface area contributed by atoms with Gasteiger partial charge in [-0.15, -0.1) is 11.3 Å². The predicted octanol–water partition coefficient (Wildman–Crippen LogP) is 4.14. The van der Waals surface area contributed by atoms with Crippen molar-refractivity contribution in [3.05, 3.63) is 57.6 Å². The molecule has 1 saturated heterocycles. The predicted molar refractivity (Wildman–Crippen MR) is 224 cm³/mol. The number of carbonyl (C=O) groups is 5. The SMILES string of the molecule is C/C=C(\C)[C@H](NC(=O)[C@H]1CCCCN1C)C(=O)N(COC(=O)CCC)[C@H](C[C@@H](OC(C)=O)c1nc(C(O)NC(Cc2ccc(O)cc2)C[C@H](C)C(=O)NN)cs1)C(C)C. The van der Waals surface area contributed by atoms with Crippen LogP contribution in [0.25, 0.3) is 0 Å². The third kappa shape index (κ3) is 15.0. The zero-order valence-electron chi connectivity index (χ0n) is 35.7. The summed E-state index contributed by atoms with van der Waals surface area (Å²) in [7, 11) is 1.89. The van der Waals surface area contributed by atoms with Crippen LogP contribution in [0.3, 0.4) is 0 Å². The molecule has 17 heteroatoms. The van der Waals surface area contributed by atoms with Crippen LogP contribution < -0.4 is 21.9 Å². The lowest BCUT2D eigenvalue weighted by Gasteiger charge is -2.38. The lowest BCUT2D eigenvalue weighted by Crippen LogP contribution is -2.57. The molecular formula is C42H65N7O9S. The van der Waals surface area contributed by atoms with E-state index in [9.17, 15) is 34.2 Å². The van der Waals surface area contributed by atoms with Crippen molar-refractivity contribution in [1.82, 2.24) is 30.8 Å². The van der Waals surface area contributed by atoms with Crippen molar-refractivity contribution < 1.29 is 43.7 Å². The van der Waals surface area contributed by atoms with Crippen molar-refractivity contribution in [2.75, 3.05) is 20.3 Å². The van der Waals surface area contributed by atoms with Gasteiger partial charge in [-0.25, -0.2) is 10.8 Å². The maximum atomic E-state index is 14.7. The second-order valence-corrected chi connectivity index (χ2v) is 16.6. The number of carbonyl (C=O) groups excluding carboxylic acids is 5. The topological polar surface area (TPSA) is 226 Å². The number of aromatic nitrogens is 1. The number of phenols is 1. The molecule has 328 valence electrons. The Kier molecular flexibility index (Phi) is 19.9. The first kappa shape index (κ1) is 48.9. The van der Waals surface area contributed by atoms with E-state index in [0.29, 0.717) is 36.3 Å². The van der Waals surface area contributed by atoms with Gasteiger partial charge in [0.2, 0.25) is 11.8 Å². The number of likely N-dealkylation sites (tertiary alicyclic amines) is 1. The fourth-order valence-electron chi connectivity index (χ4n) is 7.15. The summed E-state index contributed by atoms with van der Waals surface area (Å²) in [6, 6.07) is 4.07. The summed E-state index contributed by atoms with van der Waals surface area (Å²) in [4.78, 5) is 74.2. The number of thiazole rings is 1.